The maximum absolute atomic E-state index is 11.1. The molecule has 1 aliphatic carbocycles. The van der Waals surface area contributed by atoms with Gasteiger partial charge in [-0.3, -0.25) is 4.79 Å². The Bertz CT molecular complexity index is 456. The summed E-state index contributed by atoms with van der Waals surface area (Å²) in [5.41, 5.74) is 1.70. The van der Waals surface area contributed by atoms with Crippen LogP contribution in [0.4, 0.5) is 0 Å². The molecule has 1 fully saturated rings. The van der Waals surface area contributed by atoms with Crippen molar-refractivity contribution in [1.82, 2.24) is 0 Å². The predicted octanol–water partition coefficient (Wildman–Crippen LogP) is 2.93. The molecule has 1 saturated carbocycles. The van der Waals surface area contributed by atoms with E-state index >= 15 is 0 Å². The molecule has 0 heterocycles. The van der Waals surface area contributed by atoms with Crippen molar-refractivity contribution >= 4 is 5.97 Å². The molecular weight excluding hydrogens is 228 g/mol. The molecule has 98 valence electrons. The summed E-state index contributed by atoms with van der Waals surface area (Å²) in [4.78, 5) is 11.1. The standard InChI is InChI=1S/C15H20O3/c1-14(2,3)10-5-7-11(8-6-10)15(18-4)9-12(15)13(16)17/h5-8,12H,9H2,1-4H3,(H,16,17). The molecule has 2 atom stereocenters. The van der Waals surface area contributed by atoms with E-state index in [1.807, 2.05) is 12.1 Å². The van der Waals surface area contributed by atoms with Crippen LogP contribution in [-0.4, -0.2) is 18.2 Å². The Morgan fingerprint density at radius 3 is 2.22 bits per heavy atom. The van der Waals surface area contributed by atoms with Gasteiger partial charge in [0.2, 0.25) is 0 Å². The Balaban J connectivity index is 2.28. The van der Waals surface area contributed by atoms with Gasteiger partial charge in [0, 0.05) is 7.11 Å². The van der Waals surface area contributed by atoms with Gasteiger partial charge in [0.25, 0.3) is 0 Å². The number of ether oxygens (including phenoxy) is 1. The number of carbonyl (C=O) groups is 1. The molecule has 1 aromatic carbocycles. The van der Waals surface area contributed by atoms with Crippen LogP contribution in [0.2, 0.25) is 0 Å². The first kappa shape index (κ1) is 13.1. The molecule has 1 N–H and O–H groups in total. The lowest BCUT2D eigenvalue weighted by Gasteiger charge is -2.21. The molecule has 0 spiro atoms. The van der Waals surface area contributed by atoms with E-state index in [0.29, 0.717) is 6.42 Å². The van der Waals surface area contributed by atoms with Crippen LogP contribution in [0.5, 0.6) is 0 Å². The van der Waals surface area contributed by atoms with Gasteiger partial charge in [-0.1, -0.05) is 45.0 Å². The van der Waals surface area contributed by atoms with E-state index in [1.165, 1.54) is 5.56 Å². The van der Waals surface area contributed by atoms with Gasteiger partial charge >= 0.3 is 5.97 Å². The Hall–Kier alpha value is -1.35. The maximum atomic E-state index is 11.1. The monoisotopic (exact) mass is 248 g/mol. The summed E-state index contributed by atoms with van der Waals surface area (Å²) in [7, 11) is 1.58. The first-order valence-electron chi connectivity index (χ1n) is 6.20. The minimum absolute atomic E-state index is 0.106. The van der Waals surface area contributed by atoms with Crippen LogP contribution in [0.3, 0.4) is 0 Å². The molecule has 3 heteroatoms. The quantitative estimate of drug-likeness (QED) is 0.894. The normalized spacial score (nSPS) is 27.0. The molecule has 0 bridgehead atoms. The fourth-order valence-electron chi connectivity index (χ4n) is 2.45. The molecule has 2 unspecified atom stereocenters. The lowest BCUT2D eigenvalue weighted by molar-refractivity contribution is -0.140. The Labute approximate surface area is 108 Å². The second-order valence-electron chi connectivity index (χ2n) is 6.02. The minimum Gasteiger partial charge on any atom is -0.481 e. The first-order valence-corrected chi connectivity index (χ1v) is 6.20. The smallest absolute Gasteiger partial charge is 0.309 e. The zero-order valence-corrected chi connectivity index (χ0v) is 11.4. The highest BCUT2D eigenvalue weighted by atomic mass is 16.5. The Kier molecular flexibility index (Phi) is 2.98. The van der Waals surface area contributed by atoms with E-state index in [4.69, 9.17) is 9.84 Å². The molecule has 0 aromatic heterocycles. The summed E-state index contributed by atoms with van der Waals surface area (Å²) >= 11 is 0. The average molecular weight is 248 g/mol. The van der Waals surface area contributed by atoms with Crippen LogP contribution < -0.4 is 0 Å². The molecule has 18 heavy (non-hydrogen) atoms. The molecule has 0 saturated heterocycles. The van der Waals surface area contributed by atoms with Crippen LogP contribution >= 0.6 is 0 Å². The summed E-state index contributed by atoms with van der Waals surface area (Å²) in [5.74, 6) is -1.19. The van der Waals surface area contributed by atoms with E-state index in [9.17, 15) is 4.79 Å². The van der Waals surface area contributed by atoms with Crippen molar-refractivity contribution in [2.45, 2.75) is 38.2 Å². The molecule has 2 rings (SSSR count). The number of carboxylic acid groups (broad SMARTS) is 1. The summed E-state index contributed by atoms with van der Waals surface area (Å²) in [5, 5.41) is 9.09. The van der Waals surface area contributed by atoms with Crippen LogP contribution in [0.25, 0.3) is 0 Å². The molecular formula is C15H20O3. The van der Waals surface area contributed by atoms with Gasteiger partial charge in [-0.15, -0.1) is 0 Å². The van der Waals surface area contributed by atoms with E-state index < -0.39 is 17.5 Å². The average Bonchev–Trinajstić information content (AvgIpc) is 3.04. The van der Waals surface area contributed by atoms with Crippen molar-refractivity contribution in [3.8, 4) is 0 Å². The molecule has 0 amide bonds. The van der Waals surface area contributed by atoms with Gasteiger partial charge in [-0.2, -0.15) is 0 Å². The fraction of sp³-hybridized carbons (Fsp3) is 0.533. The van der Waals surface area contributed by atoms with Crippen LogP contribution in [0.1, 0.15) is 38.3 Å². The predicted molar refractivity (Wildman–Crippen MR) is 69.6 cm³/mol. The van der Waals surface area contributed by atoms with Gasteiger partial charge in [0.05, 0.1) is 5.92 Å². The highest BCUT2D eigenvalue weighted by Crippen LogP contribution is 2.55. The Morgan fingerprint density at radius 1 is 1.33 bits per heavy atom. The van der Waals surface area contributed by atoms with E-state index in [0.717, 1.165) is 5.56 Å². The van der Waals surface area contributed by atoms with Gasteiger partial charge in [0.1, 0.15) is 5.60 Å². The SMILES string of the molecule is COC1(c2ccc(C(C)(C)C)cc2)CC1C(=O)O. The van der Waals surface area contributed by atoms with Crippen molar-refractivity contribution in [3.05, 3.63) is 35.4 Å². The summed E-state index contributed by atoms with van der Waals surface area (Å²) in [6.07, 6.45) is 0.563. The maximum Gasteiger partial charge on any atom is 0.309 e. The molecule has 3 nitrogen and oxygen atoms in total. The van der Waals surface area contributed by atoms with Gasteiger partial charge < -0.3 is 9.84 Å². The third-order valence-electron chi connectivity index (χ3n) is 3.81. The highest BCUT2D eigenvalue weighted by molar-refractivity contribution is 5.76. The molecule has 1 aromatic rings. The largest absolute Gasteiger partial charge is 0.481 e. The zero-order valence-electron chi connectivity index (χ0n) is 11.4. The van der Waals surface area contributed by atoms with Crippen molar-refractivity contribution in [2.75, 3.05) is 7.11 Å². The summed E-state index contributed by atoms with van der Waals surface area (Å²) < 4.78 is 5.45. The molecule has 0 radical (unpaired) electrons. The van der Waals surface area contributed by atoms with Gasteiger partial charge in [-0.25, -0.2) is 0 Å². The number of carboxylic acids is 1. The first-order chi connectivity index (χ1) is 8.31. The number of rotatable bonds is 3. The van der Waals surface area contributed by atoms with Crippen LogP contribution in [0, 0.1) is 5.92 Å². The topological polar surface area (TPSA) is 46.5 Å². The van der Waals surface area contributed by atoms with Crippen LogP contribution in [0.15, 0.2) is 24.3 Å². The van der Waals surface area contributed by atoms with Gasteiger partial charge in [-0.05, 0) is 23.0 Å². The van der Waals surface area contributed by atoms with E-state index in [-0.39, 0.29) is 5.41 Å². The summed E-state index contributed by atoms with van der Waals surface area (Å²) in [6.45, 7) is 6.47. The second-order valence-corrected chi connectivity index (χ2v) is 6.02. The van der Waals surface area contributed by atoms with E-state index in [1.54, 1.807) is 7.11 Å². The zero-order chi connectivity index (χ0) is 13.6. The van der Waals surface area contributed by atoms with Crippen molar-refractivity contribution < 1.29 is 14.6 Å². The number of benzene rings is 1. The minimum atomic E-state index is -0.781. The summed E-state index contributed by atoms with van der Waals surface area (Å²) in [6, 6.07) is 8.11. The van der Waals surface area contributed by atoms with Gasteiger partial charge in [0.15, 0.2) is 0 Å². The number of hydrogen-bond acceptors (Lipinski definition) is 2. The fourth-order valence-corrected chi connectivity index (χ4v) is 2.45. The third kappa shape index (κ3) is 2.03. The number of methoxy groups -OCH3 is 1. The number of hydrogen-bond donors (Lipinski definition) is 1. The van der Waals surface area contributed by atoms with E-state index in [2.05, 4.69) is 32.9 Å². The molecule has 1 aliphatic rings. The Morgan fingerprint density at radius 2 is 1.89 bits per heavy atom. The lowest BCUT2D eigenvalue weighted by Crippen LogP contribution is -2.18. The number of aliphatic carboxylic acids is 1. The van der Waals surface area contributed by atoms with Crippen molar-refractivity contribution in [3.63, 3.8) is 0 Å². The third-order valence-corrected chi connectivity index (χ3v) is 3.81. The van der Waals surface area contributed by atoms with Crippen LogP contribution in [-0.2, 0) is 20.5 Å². The molecule has 0 aliphatic heterocycles. The second kappa shape index (κ2) is 4.09. The van der Waals surface area contributed by atoms with Crippen molar-refractivity contribution in [2.24, 2.45) is 5.92 Å². The highest BCUT2D eigenvalue weighted by Gasteiger charge is 2.60. The lowest BCUT2D eigenvalue weighted by atomic mass is 9.86. The van der Waals surface area contributed by atoms with Crippen molar-refractivity contribution in [1.29, 1.82) is 0 Å².